The SMILES string of the molecule is CC(C)c1cccc(C(C)C)c1NC(=O)NCC1(c2ccc3c(c2)OCO3)OCC(C)(C)CO1. The van der Waals surface area contributed by atoms with Gasteiger partial charge in [0.15, 0.2) is 11.5 Å². The Morgan fingerprint density at radius 1 is 0.941 bits per heavy atom. The maximum absolute atomic E-state index is 13.1. The number of anilines is 1. The third-order valence-electron chi connectivity index (χ3n) is 6.30. The Balaban J connectivity index is 1.56. The first-order valence-corrected chi connectivity index (χ1v) is 12.0. The number of hydrogen-bond donors (Lipinski definition) is 2. The number of carbonyl (C=O) groups is 1. The van der Waals surface area contributed by atoms with E-state index in [0.717, 1.165) is 22.4 Å². The van der Waals surface area contributed by atoms with Crippen molar-refractivity contribution in [3.05, 3.63) is 53.1 Å². The molecule has 0 aromatic heterocycles. The summed E-state index contributed by atoms with van der Waals surface area (Å²) in [5.41, 5.74) is 3.74. The molecular weight excluding hydrogens is 432 g/mol. The Morgan fingerprint density at radius 3 is 2.18 bits per heavy atom. The molecule has 2 aromatic rings. The van der Waals surface area contributed by atoms with Crippen LogP contribution in [0.4, 0.5) is 10.5 Å². The zero-order chi connectivity index (χ0) is 24.5. The van der Waals surface area contributed by atoms with Gasteiger partial charge in [-0.3, -0.25) is 0 Å². The van der Waals surface area contributed by atoms with E-state index in [1.807, 2.05) is 24.3 Å². The van der Waals surface area contributed by atoms with Gasteiger partial charge in [-0.25, -0.2) is 4.79 Å². The van der Waals surface area contributed by atoms with E-state index in [4.69, 9.17) is 18.9 Å². The quantitative estimate of drug-likeness (QED) is 0.568. The molecule has 2 aromatic carbocycles. The number of carbonyl (C=O) groups excluding carboxylic acids is 1. The minimum Gasteiger partial charge on any atom is -0.454 e. The van der Waals surface area contributed by atoms with Crippen LogP contribution >= 0.6 is 0 Å². The minimum atomic E-state index is -1.12. The highest BCUT2D eigenvalue weighted by Gasteiger charge is 2.43. The van der Waals surface area contributed by atoms with E-state index in [-0.39, 0.29) is 36.6 Å². The topological polar surface area (TPSA) is 78.1 Å². The monoisotopic (exact) mass is 468 g/mol. The number of urea groups is 1. The fraction of sp³-hybridized carbons (Fsp3) is 0.519. The lowest BCUT2D eigenvalue weighted by Crippen LogP contribution is -2.52. The first kappa shape index (κ1) is 24.4. The van der Waals surface area contributed by atoms with Crippen molar-refractivity contribution in [2.75, 3.05) is 31.9 Å². The second-order valence-electron chi connectivity index (χ2n) is 10.5. The molecular formula is C27H36N2O5. The predicted octanol–water partition coefficient (Wildman–Crippen LogP) is 5.71. The lowest BCUT2D eigenvalue weighted by Gasteiger charge is -2.43. The Kier molecular flexibility index (Phi) is 6.78. The van der Waals surface area contributed by atoms with Crippen molar-refractivity contribution in [2.45, 2.75) is 59.2 Å². The number of rotatable bonds is 6. The molecule has 0 atom stereocenters. The molecule has 1 fully saturated rings. The van der Waals surface area contributed by atoms with Crippen LogP contribution in [0.25, 0.3) is 0 Å². The summed E-state index contributed by atoms with van der Waals surface area (Å²) in [5, 5.41) is 6.10. The molecule has 2 aliphatic rings. The molecule has 1 saturated heterocycles. The first-order valence-electron chi connectivity index (χ1n) is 12.0. The largest absolute Gasteiger partial charge is 0.454 e. The lowest BCUT2D eigenvalue weighted by atomic mass is 9.92. The van der Waals surface area contributed by atoms with E-state index >= 15 is 0 Å². The van der Waals surface area contributed by atoms with Crippen molar-refractivity contribution >= 4 is 11.7 Å². The van der Waals surface area contributed by atoms with Crippen LogP contribution in [0.1, 0.15) is 70.1 Å². The number of ether oxygens (including phenoxy) is 4. The molecule has 2 aliphatic heterocycles. The van der Waals surface area contributed by atoms with Crippen LogP contribution in [0.15, 0.2) is 36.4 Å². The van der Waals surface area contributed by atoms with Crippen molar-refractivity contribution in [2.24, 2.45) is 5.41 Å². The Hall–Kier alpha value is -2.77. The van der Waals surface area contributed by atoms with Crippen LogP contribution in [0, 0.1) is 5.41 Å². The molecule has 2 N–H and O–H groups in total. The zero-order valence-corrected chi connectivity index (χ0v) is 21.0. The molecule has 7 heteroatoms. The molecule has 0 radical (unpaired) electrons. The number of fused-ring (bicyclic) bond motifs is 1. The van der Waals surface area contributed by atoms with Gasteiger partial charge in [-0.15, -0.1) is 0 Å². The Labute approximate surface area is 202 Å². The molecule has 2 amide bonds. The summed E-state index contributed by atoms with van der Waals surface area (Å²) in [5.74, 6) is 0.771. The normalized spacial score (nSPS) is 18.2. The molecule has 4 rings (SSSR count). The Morgan fingerprint density at radius 2 is 1.56 bits per heavy atom. The first-order chi connectivity index (χ1) is 16.1. The second kappa shape index (κ2) is 9.47. The van der Waals surface area contributed by atoms with Gasteiger partial charge >= 0.3 is 6.03 Å². The molecule has 7 nitrogen and oxygen atoms in total. The summed E-state index contributed by atoms with van der Waals surface area (Å²) >= 11 is 0. The van der Waals surface area contributed by atoms with Crippen LogP contribution in [0.3, 0.4) is 0 Å². The van der Waals surface area contributed by atoms with E-state index in [2.05, 4.69) is 64.3 Å². The summed E-state index contributed by atoms with van der Waals surface area (Å²) in [6, 6.07) is 11.5. The highest BCUT2D eigenvalue weighted by atomic mass is 16.7. The smallest absolute Gasteiger partial charge is 0.319 e. The van der Waals surface area contributed by atoms with Gasteiger partial charge in [-0.05, 0) is 41.2 Å². The summed E-state index contributed by atoms with van der Waals surface area (Å²) in [6.45, 7) is 14.0. The maximum atomic E-state index is 13.1. The van der Waals surface area contributed by atoms with E-state index in [1.165, 1.54) is 0 Å². The van der Waals surface area contributed by atoms with Crippen molar-refractivity contribution in [3.63, 3.8) is 0 Å². The standard InChI is InChI=1S/C27H36N2O5/c1-17(2)20-8-7-9-21(18(3)4)24(20)29-25(30)28-13-27(33-14-26(5,6)15-34-27)19-10-11-22-23(12-19)32-16-31-22/h7-12,17-18H,13-16H2,1-6H3,(H2,28,29,30). The highest BCUT2D eigenvalue weighted by molar-refractivity contribution is 5.91. The van der Waals surface area contributed by atoms with E-state index < -0.39 is 5.79 Å². The molecule has 0 spiro atoms. The van der Waals surface area contributed by atoms with Gasteiger partial charge in [0.2, 0.25) is 12.6 Å². The van der Waals surface area contributed by atoms with Crippen LogP contribution in [0.5, 0.6) is 11.5 Å². The molecule has 0 unspecified atom stereocenters. The van der Waals surface area contributed by atoms with E-state index in [9.17, 15) is 4.79 Å². The minimum absolute atomic E-state index is 0.121. The lowest BCUT2D eigenvalue weighted by molar-refractivity contribution is -0.303. The van der Waals surface area contributed by atoms with Gasteiger partial charge in [0.1, 0.15) is 0 Å². The average molecular weight is 469 g/mol. The van der Waals surface area contributed by atoms with Gasteiger partial charge in [0, 0.05) is 16.7 Å². The van der Waals surface area contributed by atoms with Crippen molar-refractivity contribution < 1.29 is 23.7 Å². The van der Waals surface area contributed by atoms with Crippen molar-refractivity contribution in [1.82, 2.24) is 5.32 Å². The van der Waals surface area contributed by atoms with Crippen molar-refractivity contribution in [3.8, 4) is 11.5 Å². The van der Waals surface area contributed by atoms with Gasteiger partial charge in [0.05, 0.1) is 19.8 Å². The zero-order valence-electron chi connectivity index (χ0n) is 21.0. The third-order valence-corrected chi connectivity index (χ3v) is 6.30. The predicted molar refractivity (Wildman–Crippen MR) is 132 cm³/mol. The average Bonchev–Trinajstić information content (AvgIpc) is 3.26. The molecule has 2 heterocycles. The maximum Gasteiger partial charge on any atom is 0.319 e. The van der Waals surface area contributed by atoms with Gasteiger partial charge in [0.25, 0.3) is 0 Å². The highest BCUT2D eigenvalue weighted by Crippen LogP contribution is 2.41. The van der Waals surface area contributed by atoms with E-state index in [0.29, 0.717) is 24.7 Å². The number of amides is 2. The van der Waals surface area contributed by atoms with Crippen LogP contribution in [-0.4, -0.2) is 32.6 Å². The molecule has 0 bridgehead atoms. The second-order valence-corrected chi connectivity index (χ2v) is 10.5. The van der Waals surface area contributed by atoms with Gasteiger partial charge in [-0.2, -0.15) is 0 Å². The fourth-order valence-corrected chi connectivity index (χ4v) is 4.26. The molecule has 0 aliphatic carbocycles. The number of benzene rings is 2. The van der Waals surface area contributed by atoms with Gasteiger partial charge in [-0.1, -0.05) is 59.7 Å². The Bertz CT molecular complexity index is 1010. The van der Waals surface area contributed by atoms with Crippen LogP contribution in [0.2, 0.25) is 0 Å². The molecule has 34 heavy (non-hydrogen) atoms. The molecule has 0 saturated carbocycles. The summed E-state index contributed by atoms with van der Waals surface area (Å²) < 4.78 is 23.6. The number of hydrogen-bond acceptors (Lipinski definition) is 5. The number of para-hydroxylation sites is 1. The van der Waals surface area contributed by atoms with Crippen LogP contribution < -0.4 is 20.1 Å². The van der Waals surface area contributed by atoms with Gasteiger partial charge < -0.3 is 29.6 Å². The van der Waals surface area contributed by atoms with E-state index in [1.54, 1.807) is 0 Å². The third kappa shape index (κ3) is 5.00. The summed E-state index contributed by atoms with van der Waals surface area (Å²) in [7, 11) is 0. The summed E-state index contributed by atoms with van der Waals surface area (Å²) in [6.07, 6.45) is 0. The summed E-state index contributed by atoms with van der Waals surface area (Å²) in [4.78, 5) is 13.1. The van der Waals surface area contributed by atoms with Crippen LogP contribution in [-0.2, 0) is 15.3 Å². The fourth-order valence-electron chi connectivity index (χ4n) is 4.26. The molecule has 184 valence electrons. The van der Waals surface area contributed by atoms with Crippen molar-refractivity contribution in [1.29, 1.82) is 0 Å². The number of nitrogens with one attached hydrogen (secondary N) is 2.